The first-order chi connectivity index (χ1) is 9.48. The monoisotopic (exact) mass is 274 g/mol. The third-order valence-corrected chi connectivity index (χ3v) is 4.94. The molecule has 3 atom stereocenters. The molecule has 20 heavy (non-hydrogen) atoms. The molecule has 1 saturated heterocycles. The number of anilines is 1. The Morgan fingerprint density at radius 3 is 2.90 bits per heavy atom. The van der Waals surface area contributed by atoms with E-state index in [1.165, 1.54) is 6.07 Å². The maximum atomic E-state index is 13.8. The zero-order valence-electron chi connectivity index (χ0n) is 12.1. The Morgan fingerprint density at radius 2 is 2.20 bits per heavy atom. The van der Waals surface area contributed by atoms with Crippen LogP contribution >= 0.6 is 0 Å². The lowest BCUT2D eigenvalue weighted by Gasteiger charge is -2.58. The van der Waals surface area contributed by atoms with Gasteiger partial charge in [0.05, 0.1) is 11.8 Å². The van der Waals surface area contributed by atoms with Crippen molar-refractivity contribution in [1.29, 1.82) is 5.26 Å². The van der Waals surface area contributed by atoms with Crippen molar-refractivity contribution in [3.05, 3.63) is 29.6 Å². The van der Waals surface area contributed by atoms with Crippen molar-refractivity contribution in [1.82, 2.24) is 0 Å². The Bertz CT molecular complexity index is 578. The summed E-state index contributed by atoms with van der Waals surface area (Å²) in [5, 5.41) is 9.20. The van der Waals surface area contributed by atoms with Crippen LogP contribution in [-0.4, -0.2) is 25.8 Å². The minimum Gasteiger partial charge on any atom is -0.377 e. The maximum absolute atomic E-state index is 13.8. The average Bonchev–Trinajstić information content (AvgIpc) is 2.84. The van der Waals surface area contributed by atoms with Gasteiger partial charge in [-0.15, -0.1) is 0 Å². The van der Waals surface area contributed by atoms with Crippen molar-refractivity contribution in [3.8, 4) is 6.07 Å². The highest BCUT2D eigenvalue weighted by Crippen LogP contribution is 2.55. The number of halogens is 1. The predicted octanol–water partition coefficient (Wildman–Crippen LogP) is 2.95. The van der Waals surface area contributed by atoms with Crippen LogP contribution in [-0.2, 0) is 4.74 Å². The molecule has 2 fully saturated rings. The number of benzene rings is 1. The van der Waals surface area contributed by atoms with Crippen LogP contribution in [0.3, 0.4) is 0 Å². The molecule has 0 spiro atoms. The van der Waals surface area contributed by atoms with Gasteiger partial charge in [-0.25, -0.2) is 4.39 Å². The molecule has 106 valence electrons. The van der Waals surface area contributed by atoms with Crippen molar-refractivity contribution < 1.29 is 9.13 Å². The van der Waals surface area contributed by atoms with Crippen LogP contribution in [0.2, 0.25) is 0 Å². The van der Waals surface area contributed by atoms with Gasteiger partial charge in [0.15, 0.2) is 0 Å². The molecular weight excluding hydrogens is 255 g/mol. The van der Waals surface area contributed by atoms with Crippen LogP contribution < -0.4 is 4.90 Å². The molecular formula is C16H19FN2O. The van der Waals surface area contributed by atoms with Gasteiger partial charge in [0.25, 0.3) is 0 Å². The average molecular weight is 274 g/mol. The molecule has 0 aromatic heterocycles. The van der Waals surface area contributed by atoms with Crippen LogP contribution in [0.25, 0.3) is 0 Å². The van der Waals surface area contributed by atoms with Gasteiger partial charge in [-0.1, -0.05) is 19.9 Å². The SMILES string of the molecule is CN(c1cccc(F)c1C#N)C1C2CCOC2C1(C)C. The number of fused-ring (bicyclic) bond motifs is 1. The van der Waals surface area contributed by atoms with Gasteiger partial charge in [-0.05, 0) is 18.6 Å². The number of ether oxygens (including phenoxy) is 1. The molecule has 0 radical (unpaired) electrons. The Morgan fingerprint density at radius 1 is 1.45 bits per heavy atom. The summed E-state index contributed by atoms with van der Waals surface area (Å²) in [5.41, 5.74) is 0.832. The van der Waals surface area contributed by atoms with E-state index in [9.17, 15) is 9.65 Å². The van der Waals surface area contributed by atoms with E-state index in [-0.39, 0.29) is 23.1 Å². The van der Waals surface area contributed by atoms with E-state index in [1.807, 2.05) is 19.2 Å². The fraction of sp³-hybridized carbons (Fsp3) is 0.562. The third kappa shape index (κ3) is 1.66. The Labute approximate surface area is 119 Å². The lowest BCUT2D eigenvalue weighted by atomic mass is 9.56. The summed E-state index contributed by atoms with van der Waals surface area (Å²) in [7, 11) is 1.95. The number of nitriles is 1. The standard InChI is InChI=1S/C16H19FN2O/c1-16(2)14(10-7-8-20-15(10)16)19(3)13-6-4-5-12(17)11(13)9-18/h4-6,10,14-15H,7-8H2,1-3H3. The van der Waals surface area contributed by atoms with Gasteiger partial charge < -0.3 is 9.64 Å². The number of hydrogen-bond acceptors (Lipinski definition) is 3. The molecule has 0 N–H and O–H groups in total. The van der Waals surface area contributed by atoms with Crippen molar-refractivity contribution >= 4 is 5.69 Å². The lowest BCUT2D eigenvalue weighted by Crippen LogP contribution is -2.66. The summed E-state index contributed by atoms with van der Waals surface area (Å²) >= 11 is 0. The zero-order chi connectivity index (χ0) is 14.5. The van der Waals surface area contributed by atoms with Crippen molar-refractivity contribution in [3.63, 3.8) is 0 Å². The first-order valence-electron chi connectivity index (χ1n) is 7.01. The predicted molar refractivity (Wildman–Crippen MR) is 74.9 cm³/mol. The summed E-state index contributed by atoms with van der Waals surface area (Å²) in [6, 6.07) is 7.09. The molecule has 1 aromatic carbocycles. The van der Waals surface area contributed by atoms with Gasteiger partial charge >= 0.3 is 0 Å². The fourth-order valence-electron chi connectivity index (χ4n) is 4.15. The van der Waals surface area contributed by atoms with E-state index in [4.69, 9.17) is 4.74 Å². The highest BCUT2D eigenvalue weighted by atomic mass is 19.1. The maximum Gasteiger partial charge on any atom is 0.143 e. The second-order valence-corrected chi connectivity index (χ2v) is 6.37. The summed E-state index contributed by atoms with van der Waals surface area (Å²) in [5.74, 6) is 0.0259. The number of rotatable bonds is 2. The first-order valence-corrected chi connectivity index (χ1v) is 7.01. The molecule has 1 aromatic rings. The lowest BCUT2D eigenvalue weighted by molar-refractivity contribution is -0.101. The zero-order valence-corrected chi connectivity index (χ0v) is 12.1. The van der Waals surface area contributed by atoms with E-state index in [0.717, 1.165) is 13.0 Å². The largest absolute Gasteiger partial charge is 0.377 e. The van der Waals surface area contributed by atoms with Crippen molar-refractivity contribution in [2.75, 3.05) is 18.6 Å². The Balaban J connectivity index is 1.96. The van der Waals surface area contributed by atoms with E-state index in [2.05, 4.69) is 18.7 Å². The molecule has 2 aliphatic rings. The fourth-order valence-corrected chi connectivity index (χ4v) is 4.15. The minimum absolute atomic E-state index is 0.0228. The highest BCUT2D eigenvalue weighted by Gasteiger charge is 2.61. The molecule has 4 heteroatoms. The summed E-state index contributed by atoms with van der Waals surface area (Å²) in [4.78, 5) is 2.07. The Hall–Kier alpha value is -1.60. The van der Waals surface area contributed by atoms with Crippen LogP contribution in [0.1, 0.15) is 25.8 Å². The molecule has 3 nitrogen and oxygen atoms in total. The summed E-state index contributed by atoms with van der Waals surface area (Å²) < 4.78 is 19.6. The van der Waals surface area contributed by atoms with E-state index in [1.54, 1.807) is 6.07 Å². The quantitative estimate of drug-likeness (QED) is 0.832. The second kappa shape index (κ2) is 4.46. The number of nitrogens with zero attached hydrogens (tertiary/aromatic N) is 2. The van der Waals surface area contributed by atoms with Crippen molar-refractivity contribution in [2.24, 2.45) is 11.3 Å². The van der Waals surface area contributed by atoms with Gasteiger partial charge in [-0.3, -0.25) is 0 Å². The molecule has 1 heterocycles. The molecule has 1 saturated carbocycles. The molecule has 0 amide bonds. The van der Waals surface area contributed by atoms with E-state index < -0.39 is 5.82 Å². The molecule has 3 unspecified atom stereocenters. The smallest absolute Gasteiger partial charge is 0.143 e. The molecule has 1 aliphatic heterocycles. The number of hydrogen-bond donors (Lipinski definition) is 0. The molecule has 1 aliphatic carbocycles. The van der Waals surface area contributed by atoms with Crippen molar-refractivity contribution in [2.45, 2.75) is 32.4 Å². The Kier molecular flexibility index (Phi) is 2.98. The van der Waals surface area contributed by atoms with Crippen LogP contribution in [0.4, 0.5) is 10.1 Å². The topological polar surface area (TPSA) is 36.3 Å². The van der Waals surface area contributed by atoms with Crippen LogP contribution in [0, 0.1) is 28.5 Å². The summed E-state index contributed by atoms with van der Waals surface area (Å²) in [6.45, 7) is 5.18. The van der Waals surface area contributed by atoms with Gasteiger partial charge in [0.2, 0.25) is 0 Å². The van der Waals surface area contributed by atoms with Gasteiger partial charge in [0.1, 0.15) is 17.4 Å². The molecule has 0 bridgehead atoms. The van der Waals surface area contributed by atoms with Crippen LogP contribution in [0.15, 0.2) is 18.2 Å². The van der Waals surface area contributed by atoms with Gasteiger partial charge in [0, 0.05) is 31.0 Å². The minimum atomic E-state index is -0.451. The molecule has 3 rings (SSSR count). The van der Waals surface area contributed by atoms with Gasteiger partial charge in [-0.2, -0.15) is 5.26 Å². The second-order valence-electron chi connectivity index (χ2n) is 6.37. The van der Waals surface area contributed by atoms with E-state index >= 15 is 0 Å². The highest BCUT2D eigenvalue weighted by molar-refractivity contribution is 5.61. The van der Waals surface area contributed by atoms with Crippen LogP contribution in [0.5, 0.6) is 0 Å². The first kappa shape index (κ1) is 13.4. The normalized spacial score (nSPS) is 30.2. The summed E-state index contributed by atoms with van der Waals surface area (Å²) in [6.07, 6.45) is 1.33. The van der Waals surface area contributed by atoms with E-state index in [0.29, 0.717) is 11.6 Å². The third-order valence-electron chi connectivity index (χ3n) is 4.94.